The van der Waals surface area contributed by atoms with Crippen molar-refractivity contribution >= 4 is 25.8 Å². The number of carbonyl (C=O) groups is 1. The van der Waals surface area contributed by atoms with Crippen LogP contribution in [0.4, 0.5) is 13.2 Å². The van der Waals surface area contributed by atoms with Crippen LogP contribution in [-0.4, -0.2) is 50.6 Å². The average molecular weight is 564 g/mol. The van der Waals surface area contributed by atoms with Gasteiger partial charge < -0.3 is 9.84 Å². The lowest BCUT2D eigenvalue weighted by molar-refractivity contribution is -0.139. The summed E-state index contributed by atoms with van der Waals surface area (Å²) in [6.07, 6.45) is -3.64. The maximum Gasteiger partial charge on any atom is 0.416 e. The minimum absolute atomic E-state index is 0.285. The normalized spacial score (nSPS) is 16.9. The van der Waals surface area contributed by atoms with Crippen LogP contribution < -0.4 is 4.74 Å². The summed E-state index contributed by atoms with van der Waals surface area (Å²) in [7, 11) is -7.68. The summed E-state index contributed by atoms with van der Waals surface area (Å²) in [4.78, 5) is 9.39. The molecule has 1 N–H and O–H groups in total. The summed E-state index contributed by atoms with van der Waals surface area (Å²) in [5, 5.41) is 8.93. The Kier molecular flexibility index (Phi) is 7.75. The molecule has 3 rings (SSSR count). The summed E-state index contributed by atoms with van der Waals surface area (Å²) >= 11 is 0. The zero-order valence-corrected chi connectivity index (χ0v) is 22.3. The number of fused-ring (bicyclic) bond motifs is 1. The van der Waals surface area contributed by atoms with Gasteiger partial charge in [0.25, 0.3) is 0 Å². The average Bonchev–Trinajstić information content (AvgIpc) is 2.80. The van der Waals surface area contributed by atoms with Crippen molar-refractivity contribution < 1.29 is 44.6 Å². The highest BCUT2D eigenvalue weighted by Crippen LogP contribution is 2.41. The fourth-order valence-electron chi connectivity index (χ4n) is 4.17. The second-order valence-corrected chi connectivity index (χ2v) is 14.4. The largest absolute Gasteiger partial charge is 0.482 e. The Balaban J connectivity index is 2.12. The van der Waals surface area contributed by atoms with E-state index in [0.29, 0.717) is 42.5 Å². The molecule has 2 aromatic rings. The van der Waals surface area contributed by atoms with Gasteiger partial charge in [-0.15, -0.1) is 0 Å². The first kappa shape index (κ1) is 28.9. The van der Waals surface area contributed by atoms with Crippen molar-refractivity contribution in [3.8, 4) is 5.75 Å². The molecule has 0 aromatic heterocycles. The van der Waals surface area contributed by atoms with E-state index in [1.54, 1.807) is 18.2 Å². The van der Waals surface area contributed by atoms with E-state index in [2.05, 4.69) is 0 Å². The number of carboxylic acids is 1. The fourth-order valence-corrected chi connectivity index (χ4v) is 6.95. The molecule has 8 nitrogen and oxygen atoms in total. The van der Waals surface area contributed by atoms with Gasteiger partial charge in [0.05, 0.1) is 26.1 Å². The van der Waals surface area contributed by atoms with Gasteiger partial charge in [0, 0.05) is 7.05 Å². The van der Waals surface area contributed by atoms with Crippen molar-refractivity contribution in [2.75, 3.05) is 13.7 Å². The van der Waals surface area contributed by atoms with Gasteiger partial charge in [-0.2, -0.15) is 17.5 Å². The van der Waals surface area contributed by atoms with Crippen molar-refractivity contribution in [1.29, 1.82) is 0 Å². The molecular formula is C24H28F3NO7S2. The van der Waals surface area contributed by atoms with Crippen LogP contribution in [0.2, 0.25) is 0 Å². The van der Waals surface area contributed by atoms with E-state index in [9.17, 15) is 34.8 Å². The molecular weight excluding hydrogens is 535 g/mol. The molecule has 0 aliphatic heterocycles. The van der Waals surface area contributed by atoms with Crippen LogP contribution in [-0.2, 0) is 37.3 Å². The predicted octanol–water partition coefficient (Wildman–Crippen LogP) is 4.44. The number of alkyl halides is 3. The third kappa shape index (κ3) is 5.78. The summed E-state index contributed by atoms with van der Waals surface area (Å²) in [6, 6.07) is 5.64. The van der Waals surface area contributed by atoms with E-state index >= 15 is 0 Å². The molecule has 1 unspecified atom stereocenters. The van der Waals surface area contributed by atoms with E-state index in [4.69, 9.17) is 9.84 Å². The SMILES string of the molecule is CN(C1CCCc2c(OCC(=O)O)cccc21)S(=O)(=O)c1cc(C(F)(F)F)cc(S(=O)(=O)C(C)(C)C)c1. The number of hydrogen-bond donors (Lipinski definition) is 1. The zero-order valence-electron chi connectivity index (χ0n) is 20.7. The number of aliphatic carboxylic acids is 1. The summed E-state index contributed by atoms with van der Waals surface area (Å²) < 4.78 is 99.0. The van der Waals surface area contributed by atoms with Gasteiger partial charge in [-0.1, -0.05) is 12.1 Å². The summed E-state index contributed by atoms with van der Waals surface area (Å²) in [5.41, 5.74) is -0.241. The fraction of sp³-hybridized carbons (Fsp3) is 0.458. The summed E-state index contributed by atoms with van der Waals surface area (Å²) in [6.45, 7) is 3.34. The third-order valence-corrected chi connectivity index (χ3v) is 10.5. The lowest BCUT2D eigenvalue weighted by Crippen LogP contribution is -2.34. The predicted molar refractivity (Wildman–Crippen MR) is 129 cm³/mol. The molecule has 0 heterocycles. The van der Waals surface area contributed by atoms with Crippen LogP contribution in [0.1, 0.15) is 56.3 Å². The van der Waals surface area contributed by atoms with Gasteiger partial charge >= 0.3 is 12.1 Å². The monoisotopic (exact) mass is 563 g/mol. The Morgan fingerprint density at radius 3 is 2.27 bits per heavy atom. The molecule has 0 spiro atoms. The second-order valence-electron chi connectivity index (χ2n) is 9.74. The van der Waals surface area contributed by atoms with Crippen molar-refractivity contribution in [2.45, 2.75) is 66.8 Å². The molecule has 0 fully saturated rings. The third-order valence-electron chi connectivity index (χ3n) is 6.22. The number of rotatable bonds is 7. The first-order valence-electron chi connectivity index (χ1n) is 11.3. The van der Waals surface area contributed by atoms with Gasteiger partial charge in [-0.05, 0) is 75.4 Å². The Morgan fingerprint density at radius 2 is 1.70 bits per heavy atom. The van der Waals surface area contributed by atoms with Gasteiger partial charge in [-0.3, -0.25) is 0 Å². The van der Waals surface area contributed by atoms with E-state index in [1.165, 1.54) is 27.8 Å². The number of halogens is 3. The first-order valence-corrected chi connectivity index (χ1v) is 14.2. The van der Waals surface area contributed by atoms with Crippen LogP contribution in [0.15, 0.2) is 46.2 Å². The Labute approximate surface area is 214 Å². The molecule has 0 radical (unpaired) electrons. The van der Waals surface area contributed by atoms with E-state index < -0.39 is 64.8 Å². The number of sulfone groups is 1. The van der Waals surface area contributed by atoms with Crippen molar-refractivity contribution in [1.82, 2.24) is 4.31 Å². The highest BCUT2D eigenvalue weighted by molar-refractivity contribution is 7.93. The molecule has 0 amide bonds. The minimum Gasteiger partial charge on any atom is -0.482 e. The van der Waals surface area contributed by atoms with Crippen LogP contribution in [0.25, 0.3) is 0 Å². The Bertz CT molecular complexity index is 1410. The molecule has 1 aliphatic carbocycles. The number of nitrogens with zero attached hydrogens (tertiary/aromatic N) is 1. The van der Waals surface area contributed by atoms with Crippen molar-refractivity contribution in [3.63, 3.8) is 0 Å². The molecule has 1 aliphatic rings. The molecule has 0 saturated heterocycles. The number of benzene rings is 2. The van der Waals surface area contributed by atoms with Gasteiger partial charge in [0.15, 0.2) is 16.4 Å². The maximum absolute atomic E-state index is 13.7. The lowest BCUT2D eigenvalue weighted by atomic mass is 9.87. The smallest absolute Gasteiger partial charge is 0.416 e. The molecule has 204 valence electrons. The molecule has 1 atom stereocenters. The maximum atomic E-state index is 13.7. The molecule has 0 saturated carbocycles. The van der Waals surface area contributed by atoms with Crippen LogP contribution in [0.5, 0.6) is 5.75 Å². The standard InChI is InChI=1S/C24H28F3NO7S2/c1-23(2,3)36(31,32)16-11-15(24(25,26)27)12-17(13-16)37(33,34)28(4)20-9-5-8-19-18(20)7-6-10-21(19)35-14-22(29)30/h6-7,10-13,20H,5,8-9,14H2,1-4H3,(H,29,30). The van der Waals surface area contributed by atoms with Crippen LogP contribution in [0.3, 0.4) is 0 Å². The highest BCUT2D eigenvalue weighted by atomic mass is 32.2. The van der Waals surface area contributed by atoms with E-state index in [-0.39, 0.29) is 5.75 Å². The number of ether oxygens (including phenoxy) is 1. The first-order chi connectivity index (χ1) is 16.9. The number of hydrogen-bond acceptors (Lipinski definition) is 6. The molecule has 0 bridgehead atoms. The zero-order chi connectivity index (χ0) is 28.0. The van der Waals surface area contributed by atoms with Crippen LogP contribution >= 0.6 is 0 Å². The second kappa shape index (κ2) is 9.91. The number of sulfonamides is 1. The highest BCUT2D eigenvalue weighted by Gasteiger charge is 2.39. The van der Waals surface area contributed by atoms with E-state index in [1.807, 2.05) is 0 Å². The molecule has 13 heteroatoms. The van der Waals surface area contributed by atoms with E-state index in [0.717, 1.165) is 10.4 Å². The summed E-state index contributed by atoms with van der Waals surface area (Å²) in [5.74, 6) is -0.900. The number of carboxylic acid groups (broad SMARTS) is 1. The minimum atomic E-state index is -4.99. The van der Waals surface area contributed by atoms with Crippen LogP contribution in [0, 0.1) is 0 Å². The van der Waals surface area contributed by atoms with Crippen molar-refractivity contribution in [2.24, 2.45) is 0 Å². The van der Waals surface area contributed by atoms with Gasteiger partial charge in [-0.25, -0.2) is 21.6 Å². The lowest BCUT2D eigenvalue weighted by Gasteiger charge is -2.33. The molecule has 2 aromatic carbocycles. The molecule has 37 heavy (non-hydrogen) atoms. The Hall–Kier alpha value is -2.64. The topological polar surface area (TPSA) is 118 Å². The Morgan fingerprint density at radius 1 is 1.08 bits per heavy atom. The van der Waals surface area contributed by atoms with Gasteiger partial charge in [0.1, 0.15) is 5.75 Å². The van der Waals surface area contributed by atoms with Crippen molar-refractivity contribution in [3.05, 3.63) is 53.1 Å². The van der Waals surface area contributed by atoms with Gasteiger partial charge in [0.2, 0.25) is 10.0 Å². The quantitative estimate of drug-likeness (QED) is 0.529.